The Morgan fingerprint density at radius 3 is 2.48 bits per heavy atom. The lowest BCUT2D eigenvalue weighted by Gasteiger charge is -2.24. The van der Waals surface area contributed by atoms with Gasteiger partial charge in [0.2, 0.25) is 0 Å². The van der Waals surface area contributed by atoms with Crippen LogP contribution in [0.25, 0.3) is 0 Å². The Kier molecular flexibility index (Phi) is 4.98. The molecule has 0 amide bonds. The van der Waals surface area contributed by atoms with E-state index < -0.39 is 10.0 Å². The Morgan fingerprint density at radius 2 is 1.87 bits per heavy atom. The van der Waals surface area contributed by atoms with Gasteiger partial charge < -0.3 is 9.90 Å². The predicted molar refractivity (Wildman–Crippen MR) is 84.5 cm³/mol. The number of nitriles is 1. The van der Waals surface area contributed by atoms with E-state index in [0.29, 0.717) is 6.29 Å². The maximum Gasteiger partial charge on any atom is 0.264 e. The number of sulfonamides is 1. The molecule has 2 aromatic rings. The minimum atomic E-state index is -3.96. The lowest BCUT2D eigenvalue weighted by molar-refractivity contribution is -0.107. The second-order valence-electron chi connectivity index (χ2n) is 4.66. The highest BCUT2D eigenvalue weighted by Gasteiger charge is 2.26. The first-order chi connectivity index (χ1) is 11.0. The zero-order valence-corrected chi connectivity index (χ0v) is 12.9. The van der Waals surface area contributed by atoms with Crippen molar-refractivity contribution in [2.75, 3.05) is 10.8 Å². The van der Waals surface area contributed by atoms with Gasteiger partial charge in [0.15, 0.2) is 0 Å². The first kappa shape index (κ1) is 16.5. The number of aldehydes is 1. The van der Waals surface area contributed by atoms with Crippen LogP contribution >= 0.6 is 0 Å². The molecule has 0 atom stereocenters. The van der Waals surface area contributed by atoms with Crippen molar-refractivity contribution in [1.82, 2.24) is 0 Å². The first-order valence-corrected chi connectivity index (χ1v) is 8.19. The number of anilines is 1. The molecule has 23 heavy (non-hydrogen) atoms. The Balaban J connectivity index is 2.61. The average Bonchev–Trinajstić information content (AvgIpc) is 2.56. The zero-order valence-electron chi connectivity index (χ0n) is 12.1. The van der Waals surface area contributed by atoms with Gasteiger partial charge in [-0.25, -0.2) is 8.42 Å². The second kappa shape index (κ2) is 6.94. The van der Waals surface area contributed by atoms with Crippen LogP contribution in [0.2, 0.25) is 0 Å². The van der Waals surface area contributed by atoms with Crippen LogP contribution in [0.1, 0.15) is 12.0 Å². The number of rotatable bonds is 6. The van der Waals surface area contributed by atoms with Gasteiger partial charge in [-0.1, -0.05) is 18.2 Å². The molecule has 0 aromatic heterocycles. The molecule has 2 rings (SSSR count). The summed E-state index contributed by atoms with van der Waals surface area (Å²) in [5.74, 6) is -0.168. The normalized spacial score (nSPS) is 10.7. The third-order valence-corrected chi connectivity index (χ3v) is 4.98. The molecule has 1 N–H and O–H groups in total. The largest absolute Gasteiger partial charge is 0.508 e. The molecule has 0 aliphatic rings. The highest BCUT2D eigenvalue weighted by Crippen LogP contribution is 2.30. The SMILES string of the molecule is N#Cc1ccc(O)cc1N(CCC=O)S(=O)(=O)c1ccccc1. The molecule has 0 spiro atoms. The molecule has 7 heteroatoms. The standard InChI is InChI=1S/C16H14N2O4S/c17-12-13-7-8-14(20)11-16(13)18(9-4-10-19)23(21,22)15-5-2-1-3-6-15/h1-3,5-8,10-11,20H,4,9H2. The highest BCUT2D eigenvalue weighted by atomic mass is 32.2. The predicted octanol–water partition coefficient (Wildman–Crippen LogP) is 2.05. The molecule has 0 radical (unpaired) electrons. The van der Waals surface area contributed by atoms with Crippen molar-refractivity contribution < 1.29 is 18.3 Å². The zero-order chi connectivity index (χ0) is 16.9. The molecule has 6 nitrogen and oxygen atoms in total. The molecule has 0 aliphatic carbocycles. The van der Waals surface area contributed by atoms with Crippen molar-refractivity contribution in [3.8, 4) is 11.8 Å². The van der Waals surface area contributed by atoms with Crippen molar-refractivity contribution in [1.29, 1.82) is 5.26 Å². The maximum absolute atomic E-state index is 12.8. The molecule has 0 saturated carbocycles. The minimum absolute atomic E-state index is 0.0351. The fraction of sp³-hybridized carbons (Fsp3) is 0.125. The van der Waals surface area contributed by atoms with E-state index in [1.807, 2.05) is 6.07 Å². The number of hydrogen-bond donors (Lipinski definition) is 1. The Bertz CT molecular complexity index is 842. The van der Waals surface area contributed by atoms with Crippen LogP contribution in [0.3, 0.4) is 0 Å². The number of phenols is 1. The van der Waals surface area contributed by atoms with E-state index >= 15 is 0 Å². The van der Waals surface area contributed by atoms with Crippen LogP contribution in [0.5, 0.6) is 5.75 Å². The molecule has 0 aliphatic heterocycles. The van der Waals surface area contributed by atoms with Crippen molar-refractivity contribution in [3.63, 3.8) is 0 Å². The van der Waals surface area contributed by atoms with Gasteiger partial charge in [0.05, 0.1) is 16.1 Å². The Labute approximate surface area is 134 Å². The van der Waals surface area contributed by atoms with Gasteiger partial charge in [-0.05, 0) is 24.3 Å². The number of carbonyl (C=O) groups is 1. The van der Waals surface area contributed by atoms with Crippen LogP contribution in [-0.4, -0.2) is 26.4 Å². The summed E-state index contributed by atoms with van der Waals surface area (Å²) in [6.45, 7) is -0.126. The summed E-state index contributed by atoms with van der Waals surface area (Å²) in [5.41, 5.74) is 0.131. The number of benzene rings is 2. The fourth-order valence-electron chi connectivity index (χ4n) is 2.08. The summed E-state index contributed by atoms with van der Waals surface area (Å²) < 4.78 is 26.6. The third-order valence-electron chi connectivity index (χ3n) is 3.15. The maximum atomic E-state index is 12.8. The highest BCUT2D eigenvalue weighted by molar-refractivity contribution is 7.92. The monoisotopic (exact) mass is 330 g/mol. The van der Waals surface area contributed by atoms with Crippen LogP contribution in [-0.2, 0) is 14.8 Å². The molecule has 118 valence electrons. The van der Waals surface area contributed by atoms with Gasteiger partial charge in [0.1, 0.15) is 18.1 Å². The summed E-state index contributed by atoms with van der Waals surface area (Å²) in [4.78, 5) is 10.7. The van der Waals surface area contributed by atoms with Crippen molar-refractivity contribution >= 4 is 22.0 Å². The molecule has 0 bridgehead atoms. The summed E-state index contributed by atoms with van der Waals surface area (Å²) >= 11 is 0. The van der Waals surface area contributed by atoms with E-state index in [1.165, 1.54) is 30.3 Å². The van der Waals surface area contributed by atoms with Gasteiger partial charge in [0.25, 0.3) is 10.0 Å². The van der Waals surface area contributed by atoms with E-state index in [1.54, 1.807) is 18.2 Å². The van der Waals surface area contributed by atoms with Crippen LogP contribution in [0.4, 0.5) is 5.69 Å². The van der Waals surface area contributed by atoms with E-state index in [4.69, 9.17) is 0 Å². The van der Waals surface area contributed by atoms with Crippen molar-refractivity contribution in [2.45, 2.75) is 11.3 Å². The van der Waals surface area contributed by atoms with E-state index in [2.05, 4.69) is 0 Å². The minimum Gasteiger partial charge on any atom is -0.508 e. The molecule has 0 heterocycles. The number of nitrogens with zero attached hydrogens (tertiary/aromatic N) is 2. The van der Waals surface area contributed by atoms with Gasteiger partial charge in [-0.2, -0.15) is 5.26 Å². The van der Waals surface area contributed by atoms with E-state index in [-0.39, 0.29) is 34.9 Å². The Morgan fingerprint density at radius 1 is 1.17 bits per heavy atom. The number of carbonyl (C=O) groups excluding carboxylic acids is 1. The molecule has 0 fully saturated rings. The van der Waals surface area contributed by atoms with Crippen molar-refractivity contribution in [3.05, 3.63) is 54.1 Å². The van der Waals surface area contributed by atoms with E-state index in [0.717, 1.165) is 4.31 Å². The first-order valence-electron chi connectivity index (χ1n) is 6.75. The van der Waals surface area contributed by atoms with Gasteiger partial charge >= 0.3 is 0 Å². The van der Waals surface area contributed by atoms with Gasteiger partial charge in [0, 0.05) is 19.0 Å². The van der Waals surface area contributed by atoms with Gasteiger partial charge in [-0.15, -0.1) is 0 Å². The summed E-state index contributed by atoms with van der Waals surface area (Å²) in [7, 11) is -3.96. The van der Waals surface area contributed by atoms with Crippen LogP contribution in [0, 0.1) is 11.3 Å². The molecule has 0 unspecified atom stereocenters. The second-order valence-corrected chi connectivity index (χ2v) is 6.52. The number of aromatic hydroxyl groups is 1. The number of phenolic OH excluding ortho intramolecular Hbond substituents is 1. The van der Waals surface area contributed by atoms with Crippen LogP contribution in [0.15, 0.2) is 53.4 Å². The average molecular weight is 330 g/mol. The molecular formula is C16H14N2O4S. The van der Waals surface area contributed by atoms with Crippen molar-refractivity contribution in [2.24, 2.45) is 0 Å². The summed E-state index contributed by atoms with van der Waals surface area (Å²) in [6, 6.07) is 13.4. The van der Waals surface area contributed by atoms with E-state index in [9.17, 15) is 23.6 Å². The quantitative estimate of drug-likeness (QED) is 0.817. The topological polar surface area (TPSA) is 98.5 Å². The lowest BCUT2D eigenvalue weighted by atomic mass is 10.2. The smallest absolute Gasteiger partial charge is 0.264 e. The number of hydrogen-bond acceptors (Lipinski definition) is 5. The fourth-order valence-corrected chi connectivity index (χ4v) is 3.59. The summed E-state index contributed by atoms with van der Waals surface area (Å²) in [5, 5.41) is 18.8. The summed E-state index contributed by atoms with van der Waals surface area (Å²) in [6.07, 6.45) is 0.564. The lowest BCUT2D eigenvalue weighted by Crippen LogP contribution is -2.32. The van der Waals surface area contributed by atoms with Gasteiger partial charge in [-0.3, -0.25) is 4.31 Å². The molecular weight excluding hydrogens is 316 g/mol. The molecule has 0 saturated heterocycles. The Hall–Kier alpha value is -2.85. The third kappa shape index (κ3) is 3.49. The van der Waals surface area contributed by atoms with Crippen LogP contribution < -0.4 is 4.31 Å². The molecule has 2 aromatic carbocycles.